The van der Waals surface area contributed by atoms with E-state index in [1.807, 2.05) is 26.8 Å². The smallest absolute Gasteiger partial charge is 0.166 e. The summed E-state index contributed by atoms with van der Waals surface area (Å²) in [6, 6.07) is 1.93. The average Bonchev–Trinajstić information content (AvgIpc) is 2.79. The van der Waals surface area contributed by atoms with Gasteiger partial charge in [0.15, 0.2) is 5.78 Å². The second-order valence-corrected chi connectivity index (χ2v) is 11.0. The summed E-state index contributed by atoms with van der Waals surface area (Å²) in [6.07, 6.45) is 12.0. The van der Waals surface area contributed by atoms with Gasteiger partial charge in [0.05, 0.1) is 10.9 Å². The van der Waals surface area contributed by atoms with E-state index in [0.29, 0.717) is 23.8 Å². The molecule has 0 saturated heterocycles. The molecule has 37 heavy (non-hydrogen) atoms. The van der Waals surface area contributed by atoms with Crippen LogP contribution in [-0.2, 0) is 17.6 Å². The molecule has 0 unspecified atom stereocenters. The Balaban J connectivity index is 2.30. The number of phenolic OH excluding ortho intramolecular Hbond substituents is 2. The number of fused-ring (bicyclic) bond motifs is 2. The molecule has 0 saturated carbocycles. The fraction of sp³-hybridized carbons (Fsp3) is 0.424. The molecule has 0 spiro atoms. The summed E-state index contributed by atoms with van der Waals surface area (Å²) in [4.78, 5) is 13.0. The molecule has 2 aromatic rings. The molecular weight excluding hydrogens is 460 g/mol. The first-order valence-electron chi connectivity index (χ1n) is 13.3. The molecule has 0 heterocycles. The molecule has 1 aliphatic rings. The van der Waals surface area contributed by atoms with E-state index in [9.17, 15) is 20.1 Å². The number of rotatable bonds is 9. The molecule has 1 atom stereocenters. The summed E-state index contributed by atoms with van der Waals surface area (Å²) in [6.45, 7) is 14.4. The van der Waals surface area contributed by atoms with Gasteiger partial charge in [-0.05, 0) is 121 Å². The number of hydrogen-bond acceptors (Lipinski definition) is 4. The SMILES string of the molecule is CC(C)=CCCc1c(C)c(CCC=C(C)C)c2cc3c(c(O)c2c1O)C(O)=CC(=O)[C@H]3CCC=C(C)C. The van der Waals surface area contributed by atoms with Crippen LogP contribution in [0.1, 0.15) is 101 Å². The van der Waals surface area contributed by atoms with Gasteiger partial charge in [-0.1, -0.05) is 34.9 Å². The molecule has 3 rings (SSSR count). The Labute approximate surface area is 221 Å². The Morgan fingerprint density at radius 3 is 1.92 bits per heavy atom. The quantitative estimate of drug-likeness (QED) is 0.300. The normalized spacial score (nSPS) is 14.7. The first-order chi connectivity index (χ1) is 17.4. The zero-order valence-corrected chi connectivity index (χ0v) is 23.5. The molecule has 4 nitrogen and oxygen atoms in total. The molecule has 2 aromatic carbocycles. The Kier molecular flexibility index (Phi) is 9.07. The van der Waals surface area contributed by atoms with Gasteiger partial charge in [0.1, 0.15) is 17.3 Å². The number of phenols is 2. The zero-order chi connectivity index (χ0) is 27.4. The van der Waals surface area contributed by atoms with Gasteiger partial charge < -0.3 is 15.3 Å². The lowest BCUT2D eigenvalue weighted by Gasteiger charge is -2.26. The maximum Gasteiger partial charge on any atom is 0.166 e. The Hall–Kier alpha value is -3.27. The molecule has 0 fully saturated rings. The number of carbonyl (C=O) groups is 1. The third kappa shape index (κ3) is 6.18. The van der Waals surface area contributed by atoms with E-state index in [4.69, 9.17) is 0 Å². The summed E-state index contributed by atoms with van der Waals surface area (Å²) < 4.78 is 0. The molecule has 198 valence electrons. The maximum atomic E-state index is 13.0. The summed E-state index contributed by atoms with van der Waals surface area (Å²) in [5, 5.41) is 34.9. The number of aliphatic hydroxyl groups excluding tert-OH is 1. The first kappa shape index (κ1) is 28.3. The molecule has 0 radical (unpaired) electrons. The molecule has 0 aliphatic heterocycles. The maximum absolute atomic E-state index is 13.0. The third-order valence-electron chi connectivity index (χ3n) is 7.24. The number of aliphatic hydroxyl groups is 1. The van der Waals surface area contributed by atoms with Gasteiger partial charge in [-0.2, -0.15) is 0 Å². The molecule has 0 amide bonds. The highest BCUT2D eigenvalue weighted by Gasteiger charge is 2.33. The van der Waals surface area contributed by atoms with Gasteiger partial charge in [-0.25, -0.2) is 0 Å². The molecule has 3 N–H and O–H groups in total. The predicted molar refractivity (Wildman–Crippen MR) is 155 cm³/mol. The monoisotopic (exact) mass is 502 g/mol. The van der Waals surface area contributed by atoms with Crippen LogP contribution in [-0.4, -0.2) is 21.1 Å². The van der Waals surface area contributed by atoms with Crippen molar-refractivity contribution in [1.29, 1.82) is 0 Å². The highest BCUT2D eigenvalue weighted by Crippen LogP contribution is 2.49. The number of allylic oxidation sites excluding steroid dienone is 7. The standard InChI is InChI=1S/C33H42O4/c1-19(2)11-8-14-23-22(7)24(15-9-12-20(3)4)32(36)31-26(23)17-27-25(16-10-13-21(5)6)28(34)18-29(35)30(27)33(31)37/h11-13,17-18,25,35-37H,8-10,14-16H2,1-7H3/t25-/m0/s1. The number of ketones is 1. The minimum atomic E-state index is -0.456. The van der Waals surface area contributed by atoms with Crippen LogP contribution in [0.2, 0.25) is 0 Å². The molecule has 0 bridgehead atoms. The fourth-order valence-corrected chi connectivity index (χ4v) is 5.36. The Morgan fingerprint density at radius 2 is 1.35 bits per heavy atom. The molecular formula is C33H42O4. The van der Waals surface area contributed by atoms with Gasteiger partial charge in [0.25, 0.3) is 0 Å². The highest BCUT2D eigenvalue weighted by molar-refractivity contribution is 6.09. The van der Waals surface area contributed by atoms with Crippen LogP contribution in [0.5, 0.6) is 11.5 Å². The molecule has 0 aromatic heterocycles. The van der Waals surface area contributed by atoms with Crippen molar-refractivity contribution in [3.63, 3.8) is 0 Å². The van der Waals surface area contributed by atoms with E-state index < -0.39 is 5.92 Å². The van der Waals surface area contributed by atoms with Crippen molar-refractivity contribution in [2.45, 2.75) is 92.9 Å². The second-order valence-electron chi connectivity index (χ2n) is 11.0. The van der Waals surface area contributed by atoms with Crippen molar-refractivity contribution >= 4 is 22.3 Å². The van der Waals surface area contributed by atoms with E-state index in [2.05, 4.69) is 45.9 Å². The lowest BCUT2D eigenvalue weighted by molar-refractivity contribution is -0.116. The van der Waals surface area contributed by atoms with Crippen LogP contribution in [0.3, 0.4) is 0 Å². The minimum absolute atomic E-state index is 0.0618. The average molecular weight is 503 g/mol. The van der Waals surface area contributed by atoms with Gasteiger partial charge in [0.2, 0.25) is 0 Å². The van der Waals surface area contributed by atoms with Crippen molar-refractivity contribution in [3.8, 4) is 11.5 Å². The largest absolute Gasteiger partial charge is 0.507 e. The summed E-state index contributed by atoms with van der Waals surface area (Å²) in [7, 11) is 0. The molecule has 4 heteroatoms. The van der Waals surface area contributed by atoms with Crippen LogP contribution in [0.4, 0.5) is 0 Å². The zero-order valence-electron chi connectivity index (χ0n) is 23.5. The molecule has 1 aliphatic carbocycles. The number of hydrogen-bond donors (Lipinski definition) is 3. The summed E-state index contributed by atoms with van der Waals surface area (Å²) in [5.41, 5.74) is 7.46. The Bertz CT molecular complexity index is 1320. The van der Waals surface area contributed by atoms with Crippen molar-refractivity contribution in [3.05, 3.63) is 74.9 Å². The van der Waals surface area contributed by atoms with Crippen molar-refractivity contribution in [2.75, 3.05) is 0 Å². The topological polar surface area (TPSA) is 77.8 Å². The number of carbonyl (C=O) groups excluding carboxylic acids is 1. The second kappa shape index (κ2) is 11.9. The van der Waals surface area contributed by atoms with Crippen LogP contribution < -0.4 is 0 Å². The van der Waals surface area contributed by atoms with Gasteiger partial charge in [0, 0.05) is 12.0 Å². The van der Waals surface area contributed by atoms with E-state index in [-0.39, 0.29) is 28.6 Å². The minimum Gasteiger partial charge on any atom is -0.507 e. The number of aromatic hydroxyl groups is 2. The van der Waals surface area contributed by atoms with E-state index >= 15 is 0 Å². The van der Waals surface area contributed by atoms with Gasteiger partial charge in [-0.3, -0.25) is 4.79 Å². The van der Waals surface area contributed by atoms with Crippen LogP contribution in [0, 0.1) is 6.92 Å². The third-order valence-corrected chi connectivity index (χ3v) is 7.24. The van der Waals surface area contributed by atoms with E-state index in [1.165, 1.54) is 22.8 Å². The van der Waals surface area contributed by atoms with Gasteiger partial charge in [-0.15, -0.1) is 0 Å². The Morgan fingerprint density at radius 1 is 0.811 bits per heavy atom. The summed E-state index contributed by atoms with van der Waals surface area (Å²) >= 11 is 0. The van der Waals surface area contributed by atoms with Gasteiger partial charge >= 0.3 is 0 Å². The number of aryl methyl sites for hydroxylation is 1. The first-order valence-corrected chi connectivity index (χ1v) is 13.3. The fourth-order valence-electron chi connectivity index (χ4n) is 5.36. The highest BCUT2D eigenvalue weighted by atomic mass is 16.3. The van der Waals surface area contributed by atoms with Crippen molar-refractivity contribution in [2.24, 2.45) is 0 Å². The summed E-state index contributed by atoms with van der Waals surface area (Å²) in [5.74, 6) is -0.939. The number of benzene rings is 2. The van der Waals surface area contributed by atoms with Crippen LogP contribution >= 0.6 is 0 Å². The predicted octanol–water partition coefficient (Wildman–Crippen LogP) is 8.67. The van der Waals surface area contributed by atoms with Crippen LogP contribution in [0.15, 0.2) is 47.1 Å². The van der Waals surface area contributed by atoms with E-state index in [0.717, 1.165) is 47.8 Å². The lowest BCUT2D eigenvalue weighted by Crippen LogP contribution is -2.18. The van der Waals surface area contributed by atoms with Crippen molar-refractivity contribution < 1.29 is 20.1 Å². The van der Waals surface area contributed by atoms with Crippen LogP contribution in [0.25, 0.3) is 16.5 Å². The lowest BCUT2D eigenvalue weighted by atomic mass is 9.78. The van der Waals surface area contributed by atoms with E-state index in [1.54, 1.807) is 0 Å². The van der Waals surface area contributed by atoms with Crippen molar-refractivity contribution in [1.82, 2.24) is 0 Å².